The Morgan fingerprint density at radius 1 is 1.26 bits per heavy atom. The molecular formula is C14H19NO4. The van der Waals surface area contributed by atoms with Crippen LogP contribution in [0.2, 0.25) is 0 Å². The van der Waals surface area contributed by atoms with E-state index in [0.717, 1.165) is 0 Å². The predicted molar refractivity (Wildman–Crippen MR) is 71.4 cm³/mol. The minimum atomic E-state index is -1.02. The second-order valence-corrected chi connectivity index (χ2v) is 4.40. The highest BCUT2D eigenvalue weighted by molar-refractivity contribution is 5.95. The van der Waals surface area contributed by atoms with Crippen molar-refractivity contribution >= 4 is 11.9 Å². The van der Waals surface area contributed by atoms with E-state index >= 15 is 0 Å². The van der Waals surface area contributed by atoms with Crippen molar-refractivity contribution in [1.29, 1.82) is 0 Å². The van der Waals surface area contributed by atoms with E-state index in [1.165, 1.54) is 4.90 Å². The Kier molecular flexibility index (Phi) is 5.36. The number of carbonyl (C=O) groups is 2. The third-order valence-corrected chi connectivity index (χ3v) is 2.47. The monoisotopic (exact) mass is 265 g/mol. The van der Waals surface area contributed by atoms with E-state index in [-0.39, 0.29) is 18.6 Å². The number of carboxylic acid groups (broad SMARTS) is 1. The molecule has 5 nitrogen and oxygen atoms in total. The van der Waals surface area contributed by atoms with Crippen molar-refractivity contribution in [2.45, 2.75) is 26.9 Å². The van der Waals surface area contributed by atoms with Gasteiger partial charge in [-0.2, -0.15) is 0 Å². The molecule has 0 atom stereocenters. The molecule has 0 unspecified atom stereocenters. The zero-order valence-electron chi connectivity index (χ0n) is 11.4. The number of rotatable bonds is 6. The van der Waals surface area contributed by atoms with Crippen LogP contribution in [0, 0.1) is 0 Å². The molecule has 0 bridgehead atoms. The van der Waals surface area contributed by atoms with Gasteiger partial charge >= 0.3 is 5.97 Å². The third-order valence-electron chi connectivity index (χ3n) is 2.47. The van der Waals surface area contributed by atoms with Crippen molar-refractivity contribution in [3.05, 3.63) is 29.8 Å². The van der Waals surface area contributed by atoms with Crippen LogP contribution >= 0.6 is 0 Å². The number of nitrogens with zero attached hydrogens (tertiary/aromatic N) is 1. The van der Waals surface area contributed by atoms with E-state index in [4.69, 9.17) is 9.84 Å². The molecule has 1 N–H and O–H groups in total. The Morgan fingerprint density at radius 3 is 2.26 bits per heavy atom. The maximum atomic E-state index is 12.1. The molecular weight excluding hydrogens is 246 g/mol. The van der Waals surface area contributed by atoms with Gasteiger partial charge in [-0.05, 0) is 45.0 Å². The first-order chi connectivity index (χ1) is 8.93. The maximum absolute atomic E-state index is 12.1. The average molecular weight is 265 g/mol. The smallest absolute Gasteiger partial charge is 0.323 e. The first kappa shape index (κ1) is 15.0. The van der Waals surface area contributed by atoms with Gasteiger partial charge in [0.05, 0.1) is 6.10 Å². The summed E-state index contributed by atoms with van der Waals surface area (Å²) >= 11 is 0. The van der Waals surface area contributed by atoms with Gasteiger partial charge in [-0.1, -0.05) is 0 Å². The Bertz CT molecular complexity index is 439. The minimum Gasteiger partial charge on any atom is -0.491 e. The zero-order valence-corrected chi connectivity index (χ0v) is 11.4. The van der Waals surface area contributed by atoms with Gasteiger partial charge < -0.3 is 14.7 Å². The van der Waals surface area contributed by atoms with Crippen LogP contribution in [0.5, 0.6) is 5.75 Å². The highest BCUT2D eigenvalue weighted by atomic mass is 16.5. The molecule has 1 aromatic rings. The molecule has 0 spiro atoms. The van der Waals surface area contributed by atoms with Crippen LogP contribution in [-0.4, -0.2) is 41.1 Å². The minimum absolute atomic E-state index is 0.0701. The number of benzene rings is 1. The lowest BCUT2D eigenvalue weighted by molar-refractivity contribution is -0.137. The molecule has 19 heavy (non-hydrogen) atoms. The fourth-order valence-electron chi connectivity index (χ4n) is 1.62. The standard InChI is InChI=1S/C14H19NO4/c1-4-15(9-13(16)17)14(18)11-5-7-12(8-6-11)19-10(2)3/h5-8,10H,4,9H2,1-3H3,(H,16,17). The number of ether oxygens (including phenoxy) is 1. The third kappa shape index (κ3) is 4.62. The van der Waals surface area contributed by atoms with Gasteiger partial charge in [0.15, 0.2) is 0 Å². The number of carbonyl (C=O) groups excluding carboxylic acids is 1. The van der Waals surface area contributed by atoms with Crippen molar-refractivity contribution < 1.29 is 19.4 Å². The number of aliphatic carboxylic acids is 1. The first-order valence-corrected chi connectivity index (χ1v) is 6.21. The summed E-state index contributed by atoms with van der Waals surface area (Å²) in [7, 11) is 0. The van der Waals surface area contributed by atoms with Gasteiger partial charge in [0.1, 0.15) is 12.3 Å². The van der Waals surface area contributed by atoms with Crippen molar-refractivity contribution in [3.63, 3.8) is 0 Å². The number of amides is 1. The number of hydrogen-bond donors (Lipinski definition) is 1. The van der Waals surface area contributed by atoms with Crippen LogP contribution in [0.1, 0.15) is 31.1 Å². The van der Waals surface area contributed by atoms with Gasteiger partial charge in [-0.15, -0.1) is 0 Å². The molecule has 1 aromatic carbocycles. The van der Waals surface area contributed by atoms with E-state index in [9.17, 15) is 9.59 Å². The Labute approximate surface area is 112 Å². The van der Waals surface area contributed by atoms with E-state index in [2.05, 4.69) is 0 Å². The Balaban J connectivity index is 2.78. The summed E-state index contributed by atoms with van der Waals surface area (Å²) in [5.41, 5.74) is 0.458. The molecule has 1 rings (SSSR count). The van der Waals surface area contributed by atoms with Crippen molar-refractivity contribution in [1.82, 2.24) is 4.90 Å². The van der Waals surface area contributed by atoms with E-state index < -0.39 is 5.97 Å². The SMILES string of the molecule is CCN(CC(=O)O)C(=O)c1ccc(OC(C)C)cc1. The number of likely N-dealkylation sites (N-methyl/N-ethyl adjacent to an activating group) is 1. The lowest BCUT2D eigenvalue weighted by Gasteiger charge is -2.18. The van der Waals surface area contributed by atoms with Crippen LogP contribution in [0.4, 0.5) is 0 Å². The molecule has 0 saturated carbocycles. The lowest BCUT2D eigenvalue weighted by atomic mass is 10.2. The topological polar surface area (TPSA) is 66.8 Å². The summed E-state index contributed by atoms with van der Waals surface area (Å²) in [6.45, 7) is 5.65. The molecule has 0 heterocycles. The van der Waals surface area contributed by atoms with Gasteiger partial charge in [0.2, 0.25) is 0 Å². The molecule has 1 amide bonds. The van der Waals surface area contributed by atoms with Gasteiger partial charge in [0, 0.05) is 12.1 Å². The second-order valence-electron chi connectivity index (χ2n) is 4.40. The molecule has 0 aliphatic carbocycles. The summed E-state index contributed by atoms with van der Waals surface area (Å²) < 4.78 is 5.48. The summed E-state index contributed by atoms with van der Waals surface area (Å²) in [5, 5.41) is 8.74. The molecule has 104 valence electrons. The number of carboxylic acids is 1. The first-order valence-electron chi connectivity index (χ1n) is 6.21. The quantitative estimate of drug-likeness (QED) is 0.854. The predicted octanol–water partition coefficient (Wildman–Crippen LogP) is 2.02. The molecule has 0 radical (unpaired) electrons. The fourth-order valence-corrected chi connectivity index (χ4v) is 1.62. The van der Waals surface area contributed by atoms with Crippen LogP contribution in [0.3, 0.4) is 0 Å². The largest absolute Gasteiger partial charge is 0.491 e. The van der Waals surface area contributed by atoms with Crippen LogP contribution < -0.4 is 4.74 Å². The summed E-state index contributed by atoms with van der Waals surface area (Å²) in [6, 6.07) is 6.71. The average Bonchev–Trinajstić information content (AvgIpc) is 2.35. The normalized spacial score (nSPS) is 10.3. The van der Waals surface area contributed by atoms with Crippen molar-refractivity contribution in [2.24, 2.45) is 0 Å². The fraction of sp³-hybridized carbons (Fsp3) is 0.429. The highest BCUT2D eigenvalue weighted by Gasteiger charge is 2.16. The van der Waals surface area contributed by atoms with Crippen LogP contribution in [-0.2, 0) is 4.79 Å². The molecule has 0 aliphatic rings. The van der Waals surface area contributed by atoms with Gasteiger partial charge in [-0.25, -0.2) is 0 Å². The van der Waals surface area contributed by atoms with E-state index in [1.807, 2.05) is 13.8 Å². The van der Waals surface area contributed by atoms with Gasteiger partial charge in [0.25, 0.3) is 5.91 Å². The van der Waals surface area contributed by atoms with Crippen LogP contribution in [0.25, 0.3) is 0 Å². The zero-order chi connectivity index (χ0) is 14.4. The van der Waals surface area contributed by atoms with Crippen LogP contribution in [0.15, 0.2) is 24.3 Å². The second kappa shape index (κ2) is 6.78. The number of hydrogen-bond acceptors (Lipinski definition) is 3. The molecule has 0 aromatic heterocycles. The summed E-state index contributed by atoms with van der Waals surface area (Å²) in [6.07, 6.45) is 0.0701. The summed E-state index contributed by atoms with van der Waals surface area (Å²) in [5.74, 6) is -0.621. The molecule has 5 heteroatoms. The highest BCUT2D eigenvalue weighted by Crippen LogP contribution is 2.15. The molecule has 0 aliphatic heterocycles. The Morgan fingerprint density at radius 2 is 1.84 bits per heavy atom. The Hall–Kier alpha value is -2.04. The molecule has 0 fully saturated rings. The van der Waals surface area contributed by atoms with E-state index in [1.54, 1.807) is 31.2 Å². The van der Waals surface area contributed by atoms with E-state index in [0.29, 0.717) is 17.9 Å². The van der Waals surface area contributed by atoms with Gasteiger partial charge in [-0.3, -0.25) is 9.59 Å². The van der Waals surface area contributed by atoms with Crippen molar-refractivity contribution in [2.75, 3.05) is 13.1 Å². The maximum Gasteiger partial charge on any atom is 0.323 e. The lowest BCUT2D eigenvalue weighted by Crippen LogP contribution is -2.35. The van der Waals surface area contributed by atoms with Crippen molar-refractivity contribution in [3.8, 4) is 5.75 Å². The summed E-state index contributed by atoms with van der Waals surface area (Å²) in [4.78, 5) is 24.0. The molecule has 0 saturated heterocycles.